The Morgan fingerprint density at radius 3 is 2.87 bits per heavy atom. The lowest BCUT2D eigenvalue weighted by molar-refractivity contribution is 0.416. The van der Waals surface area contributed by atoms with Crippen molar-refractivity contribution in [3.8, 4) is 5.75 Å². The number of rotatable bonds is 4. The van der Waals surface area contributed by atoms with Crippen LogP contribution >= 0.6 is 22.7 Å². The van der Waals surface area contributed by atoms with E-state index in [0.29, 0.717) is 0 Å². The molecule has 0 bridgehead atoms. The van der Waals surface area contributed by atoms with Gasteiger partial charge in [-0.1, -0.05) is 0 Å². The van der Waals surface area contributed by atoms with E-state index in [-0.39, 0.29) is 6.04 Å². The molecule has 1 unspecified atom stereocenters. The van der Waals surface area contributed by atoms with Gasteiger partial charge < -0.3 is 4.74 Å². The number of hydrogen-bond acceptors (Lipinski definition) is 5. The first-order valence-corrected chi connectivity index (χ1v) is 6.28. The summed E-state index contributed by atoms with van der Waals surface area (Å²) in [4.78, 5) is 1.16. The van der Waals surface area contributed by atoms with Gasteiger partial charge in [-0.15, -0.1) is 11.3 Å². The molecule has 80 valence electrons. The zero-order chi connectivity index (χ0) is 10.7. The highest BCUT2D eigenvalue weighted by Gasteiger charge is 2.15. The van der Waals surface area contributed by atoms with Gasteiger partial charge in [0.1, 0.15) is 5.75 Å². The molecule has 0 amide bonds. The zero-order valence-corrected chi connectivity index (χ0v) is 9.90. The molecule has 2 heterocycles. The Hall–Kier alpha value is -0.880. The van der Waals surface area contributed by atoms with Crippen LogP contribution in [0.5, 0.6) is 5.75 Å². The standard InChI is InChI=1S/C10H12N2OS2/c1-13-8-4-9(15-6-8)10(12-11)7-2-3-14-5-7/h2-6,10,12H,11H2,1H3. The van der Waals surface area contributed by atoms with Crippen molar-refractivity contribution in [2.75, 3.05) is 7.11 Å². The highest BCUT2D eigenvalue weighted by molar-refractivity contribution is 7.10. The highest BCUT2D eigenvalue weighted by atomic mass is 32.1. The molecule has 0 aliphatic carbocycles. The van der Waals surface area contributed by atoms with Crippen LogP contribution in [-0.4, -0.2) is 7.11 Å². The molecular formula is C10H12N2OS2. The van der Waals surface area contributed by atoms with Crippen LogP contribution in [0, 0.1) is 0 Å². The third-order valence-corrected chi connectivity index (χ3v) is 3.84. The van der Waals surface area contributed by atoms with E-state index in [9.17, 15) is 0 Å². The van der Waals surface area contributed by atoms with Crippen molar-refractivity contribution >= 4 is 22.7 Å². The summed E-state index contributed by atoms with van der Waals surface area (Å²) >= 11 is 3.31. The average Bonchev–Trinajstić information content (AvgIpc) is 2.89. The Balaban J connectivity index is 2.27. The molecule has 3 nitrogen and oxygen atoms in total. The van der Waals surface area contributed by atoms with Gasteiger partial charge in [0.2, 0.25) is 0 Å². The summed E-state index contributed by atoms with van der Waals surface area (Å²) in [6.45, 7) is 0. The Kier molecular flexibility index (Phi) is 3.37. The maximum absolute atomic E-state index is 5.57. The fraction of sp³-hybridized carbons (Fsp3) is 0.200. The van der Waals surface area contributed by atoms with Crippen molar-refractivity contribution < 1.29 is 4.74 Å². The van der Waals surface area contributed by atoms with E-state index in [4.69, 9.17) is 10.6 Å². The quantitative estimate of drug-likeness (QED) is 0.637. The van der Waals surface area contributed by atoms with Crippen LogP contribution in [0.3, 0.4) is 0 Å². The van der Waals surface area contributed by atoms with E-state index < -0.39 is 0 Å². The second-order valence-corrected chi connectivity index (χ2v) is 4.77. The van der Waals surface area contributed by atoms with Gasteiger partial charge in [0.15, 0.2) is 0 Å². The van der Waals surface area contributed by atoms with Gasteiger partial charge in [0, 0.05) is 10.3 Å². The normalized spacial score (nSPS) is 12.7. The predicted molar refractivity (Wildman–Crippen MR) is 64.4 cm³/mol. The minimum absolute atomic E-state index is 0.0603. The lowest BCUT2D eigenvalue weighted by atomic mass is 10.1. The molecule has 3 N–H and O–H groups in total. The Morgan fingerprint density at radius 1 is 1.47 bits per heavy atom. The lowest BCUT2D eigenvalue weighted by Crippen LogP contribution is -2.27. The van der Waals surface area contributed by atoms with Gasteiger partial charge >= 0.3 is 0 Å². The number of nitrogens with two attached hydrogens (primary N) is 1. The molecule has 2 aromatic rings. The molecule has 0 aliphatic rings. The summed E-state index contributed by atoms with van der Waals surface area (Å²) in [5.41, 5.74) is 4.01. The van der Waals surface area contributed by atoms with E-state index in [1.165, 1.54) is 5.56 Å². The number of thiophene rings is 2. The summed E-state index contributed by atoms with van der Waals surface area (Å²) in [6.07, 6.45) is 0. The summed E-state index contributed by atoms with van der Waals surface area (Å²) in [5, 5.41) is 6.12. The maximum atomic E-state index is 5.57. The largest absolute Gasteiger partial charge is 0.496 e. The molecule has 0 aromatic carbocycles. The van der Waals surface area contributed by atoms with E-state index >= 15 is 0 Å². The van der Waals surface area contributed by atoms with Crippen LogP contribution in [0.4, 0.5) is 0 Å². The summed E-state index contributed by atoms with van der Waals surface area (Å²) < 4.78 is 5.15. The summed E-state index contributed by atoms with van der Waals surface area (Å²) in [5.74, 6) is 6.45. The van der Waals surface area contributed by atoms with E-state index in [1.54, 1.807) is 29.8 Å². The molecule has 0 aliphatic heterocycles. The summed E-state index contributed by atoms with van der Waals surface area (Å²) in [7, 11) is 1.67. The Labute approximate surface area is 96.5 Å². The zero-order valence-electron chi connectivity index (χ0n) is 8.27. The molecule has 2 aromatic heterocycles. The van der Waals surface area contributed by atoms with Gasteiger partial charge in [-0.3, -0.25) is 5.84 Å². The van der Waals surface area contributed by atoms with Crippen LogP contribution in [-0.2, 0) is 0 Å². The van der Waals surface area contributed by atoms with E-state index in [0.717, 1.165) is 10.6 Å². The van der Waals surface area contributed by atoms with Gasteiger partial charge in [-0.05, 0) is 28.5 Å². The van der Waals surface area contributed by atoms with Crippen LogP contribution in [0.25, 0.3) is 0 Å². The molecule has 0 radical (unpaired) electrons. The van der Waals surface area contributed by atoms with E-state index in [2.05, 4.69) is 16.9 Å². The van der Waals surface area contributed by atoms with Crippen LogP contribution in [0.15, 0.2) is 28.3 Å². The van der Waals surface area contributed by atoms with Crippen molar-refractivity contribution in [2.45, 2.75) is 6.04 Å². The first-order chi connectivity index (χ1) is 7.35. The molecule has 0 saturated heterocycles. The van der Waals surface area contributed by atoms with Crippen molar-refractivity contribution in [1.29, 1.82) is 0 Å². The van der Waals surface area contributed by atoms with Crippen LogP contribution < -0.4 is 16.0 Å². The van der Waals surface area contributed by atoms with E-state index in [1.807, 2.05) is 16.8 Å². The molecule has 0 saturated carbocycles. The lowest BCUT2D eigenvalue weighted by Gasteiger charge is -2.11. The third kappa shape index (κ3) is 2.21. The number of ether oxygens (including phenoxy) is 1. The highest BCUT2D eigenvalue weighted by Crippen LogP contribution is 2.31. The second kappa shape index (κ2) is 4.76. The SMILES string of the molecule is COc1csc(C(NN)c2ccsc2)c1. The van der Waals surface area contributed by atoms with Gasteiger partial charge in [0.05, 0.1) is 13.2 Å². The monoisotopic (exact) mass is 240 g/mol. The molecule has 2 rings (SSSR count). The van der Waals surface area contributed by atoms with Crippen molar-refractivity contribution in [1.82, 2.24) is 5.43 Å². The van der Waals surface area contributed by atoms with Gasteiger partial charge in [-0.2, -0.15) is 11.3 Å². The topological polar surface area (TPSA) is 47.3 Å². The van der Waals surface area contributed by atoms with Gasteiger partial charge in [0.25, 0.3) is 0 Å². The molecule has 1 atom stereocenters. The fourth-order valence-corrected chi connectivity index (χ4v) is 3.00. The number of hydrogen-bond donors (Lipinski definition) is 2. The second-order valence-electron chi connectivity index (χ2n) is 3.05. The number of hydrazine groups is 1. The van der Waals surface area contributed by atoms with Crippen LogP contribution in [0.2, 0.25) is 0 Å². The first kappa shape index (κ1) is 10.6. The Bertz CT molecular complexity index is 411. The smallest absolute Gasteiger partial charge is 0.129 e. The molecular weight excluding hydrogens is 228 g/mol. The van der Waals surface area contributed by atoms with Crippen molar-refractivity contribution in [3.05, 3.63) is 38.7 Å². The average molecular weight is 240 g/mol. The Morgan fingerprint density at radius 2 is 2.33 bits per heavy atom. The van der Waals surface area contributed by atoms with Crippen molar-refractivity contribution in [3.63, 3.8) is 0 Å². The third-order valence-electron chi connectivity index (χ3n) is 2.16. The molecule has 5 heteroatoms. The first-order valence-electron chi connectivity index (χ1n) is 4.46. The van der Waals surface area contributed by atoms with Gasteiger partial charge in [-0.25, -0.2) is 5.43 Å². The minimum atomic E-state index is 0.0603. The van der Waals surface area contributed by atoms with Crippen molar-refractivity contribution in [2.24, 2.45) is 5.84 Å². The minimum Gasteiger partial charge on any atom is -0.496 e. The fourth-order valence-electron chi connectivity index (χ4n) is 1.37. The molecule has 0 fully saturated rings. The maximum Gasteiger partial charge on any atom is 0.129 e. The van der Waals surface area contributed by atoms with Crippen LogP contribution in [0.1, 0.15) is 16.5 Å². The predicted octanol–water partition coefficient (Wildman–Crippen LogP) is 2.37. The number of methoxy groups -OCH3 is 1. The molecule has 15 heavy (non-hydrogen) atoms. The molecule has 0 spiro atoms. The summed E-state index contributed by atoms with van der Waals surface area (Å²) in [6, 6.07) is 4.14. The number of nitrogens with one attached hydrogen (secondary N) is 1.